The highest BCUT2D eigenvalue weighted by molar-refractivity contribution is 6.03. The Hall–Kier alpha value is -3.92. The van der Waals surface area contributed by atoms with Crippen LogP contribution in [0.15, 0.2) is 23.8 Å². The van der Waals surface area contributed by atoms with Gasteiger partial charge in [-0.2, -0.15) is 0 Å². The first-order chi connectivity index (χ1) is 19.0. The molecule has 10 heteroatoms. The molecule has 1 aliphatic carbocycles. The highest BCUT2D eigenvalue weighted by atomic mass is 16.7. The van der Waals surface area contributed by atoms with Crippen LogP contribution in [-0.2, 0) is 14.3 Å². The van der Waals surface area contributed by atoms with Crippen molar-refractivity contribution in [2.75, 3.05) is 35.2 Å². The second-order valence-corrected chi connectivity index (χ2v) is 10.0. The topological polar surface area (TPSA) is 119 Å². The Morgan fingerprint density at radius 1 is 0.950 bits per heavy atom. The molecule has 4 atom stereocenters. The highest BCUT2D eigenvalue weighted by Crippen LogP contribution is 2.61. The molecule has 1 N–H and O–H groups in total. The molecule has 0 radical (unpaired) electrons. The monoisotopic (exact) mass is 556 g/mol. The van der Waals surface area contributed by atoms with Gasteiger partial charge in [0, 0.05) is 29.5 Å². The Bertz CT molecular complexity index is 1370. The number of fused-ring (bicyclic) bond motifs is 4. The fraction of sp³-hybridized carbons (Fsp3) is 0.467. The molecule has 0 saturated carbocycles. The van der Waals surface area contributed by atoms with Crippen LogP contribution in [0.5, 0.6) is 34.5 Å². The zero-order chi connectivity index (χ0) is 29.5. The van der Waals surface area contributed by atoms with E-state index in [2.05, 4.69) is 0 Å². The van der Waals surface area contributed by atoms with Gasteiger partial charge in [0.15, 0.2) is 28.8 Å². The molecular weight excluding hydrogens is 520 g/mol. The number of carbonyl (C=O) groups is 2. The van der Waals surface area contributed by atoms with E-state index in [1.807, 2.05) is 0 Å². The first-order valence-electron chi connectivity index (χ1n) is 12.9. The summed E-state index contributed by atoms with van der Waals surface area (Å²) in [4.78, 5) is 26.6. The van der Waals surface area contributed by atoms with Gasteiger partial charge in [0.2, 0.25) is 18.3 Å². The zero-order valence-electron chi connectivity index (χ0n) is 24.3. The molecule has 216 valence electrons. The maximum absolute atomic E-state index is 14.1. The van der Waals surface area contributed by atoms with Crippen molar-refractivity contribution in [1.82, 2.24) is 0 Å². The summed E-state index contributed by atoms with van der Waals surface area (Å²) in [5.74, 6) is -0.986. The first kappa shape index (κ1) is 29.1. The van der Waals surface area contributed by atoms with Gasteiger partial charge in [0.05, 0.1) is 40.0 Å². The van der Waals surface area contributed by atoms with Crippen LogP contribution >= 0.6 is 0 Å². The third-order valence-electron chi connectivity index (χ3n) is 7.92. The second-order valence-electron chi connectivity index (χ2n) is 10.0. The number of allylic oxidation sites excluding steroid dienone is 2. The molecule has 10 nitrogen and oxygen atoms in total. The predicted octanol–water partition coefficient (Wildman–Crippen LogP) is 4.74. The molecule has 2 aromatic carbocycles. The number of aliphatic hydroxyl groups is 1. The van der Waals surface area contributed by atoms with Gasteiger partial charge in [0.25, 0.3) is 0 Å². The molecule has 0 aromatic heterocycles. The number of ether oxygens (including phenoxy) is 7. The summed E-state index contributed by atoms with van der Waals surface area (Å²) < 4.78 is 40.6. The summed E-state index contributed by atoms with van der Waals surface area (Å²) in [5, 5.41) is 12.3. The minimum Gasteiger partial charge on any atom is -0.493 e. The van der Waals surface area contributed by atoms with E-state index in [0.29, 0.717) is 45.1 Å². The van der Waals surface area contributed by atoms with Gasteiger partial charge >= 0.3 is 5.97 Å². The molecule has 1 aliphatic heterocycles. The SMILES string of the molecule is C/C=C(/C)C(=O)[C@H]1c2cc(OC)c(OC)c(OC)c2-c2c(cc3c(c2OC)OCO3)[C@H](OC(C)=O)[C@H](C)[C@]1(C)O. The van der Waals surface area contributed by atoms with Gasteiger partial charge in [0.1, 0.15) is 6.10 Å². The molecule has 40 heavy (non-hydrogen) atoms. The number of hydrogen-bond acceptors (Lipinski definition) is 10. The van der Waals surface area contributed by atoms with Crippen LogP contribution in [-0.4, -0.2) is 57.7 Å². The number of esters is 1. The van der Waals surface area contributed by atoms with E-state index < -0.39 is 29.5 Å². The van der Waals surface area contributed by atoms with Gasteiger partial charge < -0.3 is 38.3 Å². The molecular formula is C30H36O10. The van der Waals surface area contributed by atoms with E-state index in [1.165, 1.54) is 35.4 Å². The van der Waals surface area contributed by atoms with Crippen LogP contribution in [0.25, 0.3) is 11.1 Å². The fourth-order valence-electron chi connectivity index (χ4n) is 5.64. The third kappa shape index (κ3) is 4.40. The Morgan fingerprint density at radius 3 is 2.12 bits per heavy atom. The number of carbonyl (C=O) groups excluding carboxylic acids is 2. The maximum atomic E-state index is 14.1. The van der Waals surface area contributed by atoms with Crippen molar-refractivity contribution in [2.45, 2.75) is 52.2 Å². The predicted molar refractivity (Wildman–Crippen MR) is 146 cm³/mol. The molecule has 0 fully saturated rings. The van der Waals surface area contributed by atoms with Crippen LogP contribution in [0.2, 0.25) is 0 Å². The standard InChI is InChI=1S/C30H36O10/c1-10-14(2)24(32)23-17-11-19(34-6)26(35-7)28(36-8)21(17)22-18(12-20-27(29(22)37-9)39-13-38-20)25(40-16(4)31)15(3)30(23,5)33/h10-12,15,23,25,33H,13H2,1-9H3/b14-10-/t15-,23+,25+,30-/m0/s1. The number of Topliss-reactive ketones (excluding diaryl/α,β-unsaturated/α-hetero) is 1. The van der Waals surface area contributed by atoms with Gasteiger partial charge in [-0.25, -0.2) is 0 Å². The molecule has 0 saturated heterocycles. The average Bonchev–Trinajstić information content (AvgIpc) is 3.41. The number of benzene rings is 2. The number of hydrogen-bond donors (Lipinski definition) is 1. The van der Waals surface area contributed by atoms with Crippen molar-refractivity contribution in [1.29, 1.82) is 0 Å². The van der Waals surface area contributed by atoms with Crippen LogP contribution in [0, 0.1) is 5.92 Å². The Labute approximate surface area is 233 Å². The van der Waals surface area contributed by atoms with Crippen molar-refractivity contribution in [3.63, 3.8) is 0 Å². The van der Waals surface area contributed by atoms with Crippen molar-refractivity contribution in [3.05, 3.63) is 34.9 Å². The normalized spacial score (nSPS) is 23.2. The Morgan fingerprint density at radius 2 is 1.57 bits per heavy atom. The van der Waals surface area contributed by atoms with Gasteiger partial charge in [-0.3, -0.25) is 9.59 Å². The average molecular weight is 557 g/mol. The summed E-state index contributed by atoms with van der Waals surface area (Å²) in [6, 6.07) is 3.38. The minimum atomic E-state index is -1.73. The lowest BCUT2D eigenvalue weighted by Gasteiger charge is -2.44. The van der Waals surface area contributed by atoms with E-state index >= 15 is 0 Å². The Balaban J connectivity index is 2.31. The molecule has 0 amide bonds. The Kier molecular flexibility index (Phi) is 7.94. The fourth-order valence-corrected chi connectivity index (χ4v) is 5.64. The number of ketones is 1. The van der Waals surface area contributed by atoms with Gasteiger partial charge in [-0.15, -0.1) is 0 Å². The quantitative estimate of drug-likeness (QED) is 0.378. The smallest absolute Gasteiger partial charge is 0.303 e. The molecule has 1 heterocycles. The number of methoxy groups -OCH3 is 4. The molecule has 0 spiro atoms. The van der Waals surface area contributed by atoms with Crippen LogP contribution < -0.4 is 28.4 Å². The lowest BCUT2D eigenvalue weighted by atomic mass is 9.65. The van der Waals surface area contributed by atoms with E-state index in [9.17, 15) is 14.7 Å². The maximum Gasteiger partial charge on any atom is 0.303 e. The lowest BCUT2D eigenvalue weighted by molar-refractivity contribution is -0.157. The van der Waals surface area contributed by atoms with E-state index in [4.69, 9.17) is 33.2 Å². The van der Waals surface area contributed by atoms with Crippen LogP contribution in [0.4, 0.5) is 0 Å². The molecule has 2 aromatic rings. The van der Waals surface area contributed by atoms with Crippen molar-refractivity contribution < 1.29 is 47.9 Å². The van der Waals surface area contributed by atoms with Crippen molar-refractivity contribution in [3.8, 4) is 45.6 Å². The van der Waals surface area contributed by atoms with Crippen molar-refractivity contribution >= 4 is 11.8 Å². The van der Waals surface area contributed by atoms with Crippen LogP contribution in [0.1, 0.15) is 57.8 Å². The second kappa shape index (κ2) is 10.9. The zero-order valence-corrected chi connectivity index (χ0v) is 24.3. The molecule has 2 aliphatic rings. The summed E-state index contributed by atoms with van der Waals surface area (Å²) in [6.45, 7) is 8.00. The molecule has 0 bridgehead atoms. The minimum absolute atomic E-state index is 0.0440. The first-order valence-corrected chi connectivity index (χ1v) is 12.9. The highest BCUT2D eigenvalue weighted by Gasteiger charge is 2.52. The summed E-state index contributed by atoms with van der Waals surface area (Å²) in [5.41, 5.74) is 0.449. The molecule has 4 rings (SSSR count). The molecule has 0 unspecified atom stereocenters. The summed E-state index contributed by atoms with van der Waals surface area (Å²) in [7, 11) is 5.90. The van der Waals surface area contributed by atoms with E-state index in [-0.39, 0.29) is 29.8 Å². The van der Waals surface area contributed by atoms with E-state index in [1.54, 1.807) is 45.9 Å². The van der Waals surface area contributed by atoms with E-state index in [0.717, 1.165) is 0 Å². The van der Waals surface area contributed by atoms with Crippen molar-refractivity contribution in [2.24, 2.45) is 5.92 Å². The van der Waals surface area contributed by atoms with Gasteiger partial charge in [-0.05, 0) is 44.0 Å². The van der Waals surface area contributed by atoms with Gasteiger partial charge in [-0.1, -0.05) is 13.0 Å². The largest absolute Gasteiger partial charge is 0.493 e. The lowest BCUT2D eigenvalue weighted by Crippen LogP contribution is -2.47. The summed E-state index contributed by atoms with van der Waals surface area (Å²) in [6.07, 6.45) is 0.674. The summed E-state index contributed by atoms with van der Waals surface area (Å²) >= 11 is 0. The number of rotatable bonds is 7. The van der Waals surface area contributed by atoms with Crippen LogP contribution in [0.3, 0.4) is 0 Å². The third-order valence-corrected chi connectivity index (χ3v) is 7.92.